The van der Waals surface area contributed by atoms with E-state index in [0.29, 0.717) is 5.65 Å². The van der Waals surface area contributed by atoms with E-state index in [2.05, 4.69) is 66.1 Å². The van der Waals surface area contributed by atoms with Crippen molar-refractivity contribution in [2.75, 3.05) is 11.9 Å². The summed E-state index contributed by atoms with van der Waals surface area (Å²) in [4.78, 5) is 0. The number of hydrogen-bond donors (Lipinski definition) is 1. The molecular formula is C15H15BrN6. The van der Waals surface area contributed by atoms with E-state index in [1.165, 1.54) is 29.5 Å². The van der Waals surface area contributed by atoms with E-state index in [0.717, 1.165) is 16.8 Å². The van der Waals surface area contributed by atoms with Crippen molar-refractivity contribution in [1.82, 2.24) is 25.3 Å². The summed E-state index contributed by atoms with van der Waals surface area (Å²) in [6.45, 7) is 0.870. The first-order valence-electron chi connectivity index (χ1n) is 7.31. The molecule has 2 heterocycles. The molecule has 0 atom stereocenters. The Morgan fingerprint density at radius 2 is 1.95 bits per heavy atom. The van der Waals surface area contributed by atoms with E-state index >= 15 is 0 Å². The molecule has 6 nitrogen and oxygen atoms in total. The van der Waals surface area contributed by atoms with E-state index in [9.17, 15) is 0 Å². The van der Waals surface area contributed by atoms with Gasteiger partial charge in [-0.3, -0.25) is 0 Å². The number of rotatable bonds is 4. The number of fused-ring (bicyclic) bond motifs is 1. The monoisotopic (exact) mass is 358 g/mol. The third kappa shape index (κ3) is 2.35. The third-order valence-electron chi connectivity index (χ3n) is 4.44. The average molecular weight is 359 g/mol. The quantitative estimate of drug-likeness (QED) is 0.776. The van der Waals surface area contributed by atoms with Crippen LogP contribution in [0.25, 0.3) is 5.65 Å². The van der Waals surface area contributed by atoms with Gasteiger partial charge in [0.05, 0.1) is 0 Å². The van der Waals surface area contributed by atoms with Crippen LogP contribution in [-0.2, 0) is 5.41 Å². The SMILES string of the molecule is Brc1ccc(C2(CNc3ccc4nnnn4n3)CCC2)cc1. The van der Waals surface area contributed by atoms with E-state index in [1.807, 2.05) is 12.1 Å². The van der Waals surface area contributed by atoms with Crippen molar-refractivity contribution in [1.29, 1.82) is 0 Å². The molecule has 0 aliphatic heterocycles. The maximum Gasteiger partial charge on any atom is 0.200 e. The summed E-state index contributed by atoms with van der Waals surface area (Å²) in [5.41, 5.74) is 2.24. The van der Waals surface area contributed by atoms with Gasteiger partial charge in [0, 0.05) is 16.4 Å². The molecule has 0 unspecified atom stereocenters. The molecule has 112 valence electrons. The Hall–Kier alpha value is -2.02. The van der Waals surface area contributed by atoms with Gasteiger partial charge >= 0.3 is 0 Å². The van der Waals surface area contributed by atoms with Crippen LogP contribution in [0.5, 0.6) is 0 Å². The van der Waals surface area contributed by atoms with Crippen LogP contribution in [0.2, 0.25) is 0 Å². The molecule has 0 spiro atoms. The van der Waals surface area contributed by atoms with Crippen LogP contribution in [0.1, 0.15) is 24.8 Å². The number of aromatic nitrogens is 5. The lowest BCUT2D eigenvalue weighted by molar-refractivity contribution is 0.260. The molecule has 7 heteroatoms. The van der Waals surface area contributed by atoms with E-state index in [4.69, 9.17) is 0 Å². The van der Waals surface area contributed by atoms with Crippen molar-refractivity contribution in [3.05, 3.63) is 46.4 Å². The minimum atomic E-state index is 0.206. The predicted molar refractivity (Wildman–Crippen MR) is 86.7 cm³/mol. The summed E-state index contributed by atoms with van der Waals surface area (Å²) in [5, 5.41) is 19.1. The van der Waals surface area contributed by atoms with Gasteiger partial charge in [-0.15, -0.1) is 14.8 Å². The Labute approximate surface area is 136 Å². The first kappa shape index (κ1) is 13.6. The molecule has 1 saturated carbocycles. The van der Waals surface area contributed by atoms with Crippen LogP contribution < -0.4 is 5.32 Å². The molecule has 0 radical (unpaired) electrons. The van der Waals surface area contributed by atoms with Crippen molar-refractivity contribution >= 4 is 27.4 Å². The third-order valence-corrected chi connectivity index (χ3v) is 4.97. The largest absolute Gasteiger partial charge is 0.368 e. The van der Waals surface area contributed by atoms with Crippen LogP contribution >= 0.6 is 15.9 Å². The first-order valence-corrected chi connectivity index (χ1v) is 8.10. The highest BCUT2D eigenvalue weighted by Crippen LogP contribution is 2.44. The van der Waals surface area contributed by atoms with Gasteiger partial charge in [-0.2, -0.15) is 0 Å². The van der Waals surface area contributed by atoms with Gasteiger partial charge in [0.2, 0.25) is 0 Å². The molecule has 22 heavy (non-hydrogen) atoms. The fraction of sp³-hybridized carbons (Fsp3) is 0.333. The second kappa shape index (κ2) is 5.31. The standard InChI is InChI=1S/C15H15BrN6/c16-12-4-2-11(3-5-12)15(8-1-9-15)10-17-13-6-7-14-18-20-21-22(14)19-13/h2-7H,1,8-10H2,(H,17,19). The van der Waals surface area contributed by atoms with Crippen molar-refractivity contribution < 1.29 is 0 Å². The lowest BCUT2D eigenvalue weighted by Crippen LogP contribution is -2.41. The second-order valence-electron chi connectivity index (χ2n) is 5.74. The molecule has 1 aliphatic rings. The summed E-state index contributed by atoms with van der Waals surface area (Å²) < 4.78 is 2.56. The van der Waals surface area contributed by atoms with E-state index in [1.54, 1.807) is 0 Å². The molecule has 1 fully saturated rings. The Balaban J connectivity index is 1.54. The summed E-state index contributed by atoms with van der Waals surface area (Å²) in [6.07, 6.45) is 3.68. The number of tetrazole rings is 1. The molecule has 3 aromatic rings. The van der Waals surface area contributed by atoms with Crippen LogP contribution in [0.15, 0.2) is 40.9 Å². The average Bonchev–Trinajstić information content (AvgIpc) is 2.95. The summed E-state index contributed by atoms with van der Waals surface area (Å²) in [5.74, 6) is 0.795. The number of anilines is 1. The van der Waals surface area contributed by atoms with Crippen molar-refractivity contribution in [3.8, 4) is 0 Å². The lowest BCUT2D eigenvalue weighted by atomic mass is 9.64. The summed E-state index contributed by atoms with van der Waals surface area (Å²) >= 11 is 3.50. The Bertz CT molecular complexity index is 793. The highest BCUT2D eigenvalue weighted by Gasteiger charge is 2.38. The molecule has 1 aliphatic carbocycles. The molecule has 1 aromatic carbocycles. The molecule has 4 rings (SSSR count). The van der Waals surface area contributed by atoms with Crippen LogP contribution in [0, 0.1) is 0 Å². The Morgan fingerprint density at radius 1 is 1.14 bits per heavy atom. The normalized spacial score (nSPS) is 16.4. The fourth-order valence-corrected chi connectivity index (χ4v) is 3.24. The topological polar surface area (TPSA) is 68.0 Å². The molecule has 2 aromatic heterocycles. The van der Waals surface area contributed by atoms with Crippen molar-refractivity contribution in [2.24, 2.45) is 0 Å². The number of benzene rings is 1. The summed E-state index contributed by atoms with van der Waals surface area (Å²) in [6, 6.07) is 12.4. The van der Waals surface area contributed by atoms with E-state index < -0.39 is 0 Å². The number of halogens is 1. The first-order chi connectivity index (χ1) is 10.8. The molecule has 1 N–H and O–H groups in total. The van der Waals surface area contributed by atoms with Gasteiger partial charge in [-0.05, 0) is 53.1 Å². The molecule has 0 saturated heterocycles. The van der Waals surface area contributed by atoms with Crippen LogP contribution in [-0.4, -0.2) is 31.8 Å². The minimum Gasteiger partial charge on any atom is -0.368 e. The highest BCUT2D eigenvalue weighted by molar-refractivity contribution is 9.10. The zero-order chi connectivity index (χ0) is 15.0. The van der Waals surface area contributed by atoms with Crippen molar-refractivity contribution in [3.63, 3.8) is 0 Å². The maximum atomic E-state index is 4.37. The summed E-state index contributed by atoms with van der Waals surface area (Å²) in [7, 11) is 0. The Morgan fingerprint density at radius 3 is 2.68 bits per heavy atom. The van der Waals surface area contributed by atoms with Gasteiger partial charge in [0.15, 0.2) is 5.65 Å². The van der Waals surface area contributed by atoms with E-state index in [-0.39, 0.29) is 5.41 Å². The maximum absolute atomic E-state index is 4.37. The lowest BCUT2D eigenvalue weighted by Gasteiger charge is -2.42. The Kier molecular flexibility index (Phi) is 3.29. The fourth-order valence-electron chi connectivity index (χ4n) is 2.98. The van der Waals surface area contributed by atoms with Gasteiger partial charge in [-0.1, -0.05) is 34.5 Å². The highest BCUT2D eigenvalue weighted by atomic mass is 79.9. The van der Waals surface area contributed by atoms with Gasteiger partial charge in [-0.25, -0.2) is 0 Å². The minimum absolute atomic E-state index is 0.206. The smallest absolute Gasteiger partial charge is 0.200 e. The molecule has 0 bridgehead atoms. The second-order valence-corrected chi connectivity index (χ2v) is 6.66. The molecule has 0 amide bonds. The van der Waals surface area contributed by atoms with Crippen molar-refractivity contribution in [2.45, 2.75) is 24.7 Å². The van der Waals surface area contributed by atoms with Gasteiger partial charge in [0.25, 0.3) is 0 Å². The number of nitrogens with zero attached hydrogens (tertiary/aromatic N) is 5. The predicted octanol–water partition coefficient (Wildman–Crippen LogP) is 2.82. The van der Waals surface area contributed by atoms with Crippen LogP contribution in [0.3, 0.4) is 0 Å². The molecular weight excluding hydrogens is 344 g/mol. The van der Waals surface area contributed by atoms with Gasteiger partial charge in [0.1, 0.15) is 5.82 Å². The number of nitrogens with one attached hydrogen (secondary N) is 1. The van der Waals surface area contributed by atoms with Crippen LogP contribution in [0.4, 0.5) is 5.82 Å². The van der Waals surface area contributed by atoms with Gasteiger partial charge < -0.3 is 5.32 Å². The number of hydrogen-bond acceptors (Lipinski definition) is 5. The zero-order valence-electron chi connectivity index (χ0n) is 11.9. The zero-order valence-corrected chi connectivity index (χ0v) is 13.5.